The van der Waals surface area contributed by atoms with E-state index in [1.165, 1.54) is 0 Å². The van der Waals surface area contributed by atoms with E-state index in [1.807, 2.05) is 13.8 Å². The topological polar surface area (TPSA) is 49.7 Å². The van der Waals surface area contributed by atoms with Gasteiger partial charge in [0.1, 0.15) is 5.60 Å². The van der Waals surface area contributed by atoms with Crippen molar-refractivity contribution >= 4 is 0 Å². The lowest BCUT2D eigenvalue weighted by molar-refractivity contribution is -0.311. The second kappa shape index (κ2) is 2.47. The van der Waals surface area contributed by atoms with Gasteiger partial charge in [0.25, 0.3) is 0 Å². The van der Waals surface area contributed by atoms with Crippen LogP contribution in [0.2, 0.25) is 0 Å². The number of rotatable bonds is 0. The van der Waals surface area contributed by atoms with E-state index in [4.69, 9.17) is 4.74 Å². The van der Waals surface area contributed by atoms with Gasteiger partial charge in [-0.05, 0) is 39.5 Å². The van der Waals surface area contributed by atoms with E-state index in [2.05, 4.69) is 0 Å². The van der Waals surface area contributed by atoms with Crippen LogP contribution in [0.4, 0.5) is 0 Å². The molecule has 2 N–H and O–H groups in total. The third-order valence-electron chi connectivity index (χ3n) is 3.80. The Morgan fingerprint density at radius 2 is 1.54 bits per heavy atom. The van der Waals surface area contributed by atoms with Crippen molar-refractivity contribution in [2.45, 2.75) is 57.0 Å². The first-order valence-electron chi connectivity index (χ1n) is 4.92. The summed E-state index contributed by atoms with van der Waals surface area (Å²) in [6.45, 7) is 5.88. The van der Waals surface area contributed by atoms with E-state index in [0.29, 0.717) is 0 Å². The van der Waals surface area contributed by atoms with E-state index in [-0.39, 0.29) is 11.5 Å². The molecule has 3 fully saturated rings. The molecule has 0 aromatic rings. The van der Waals surface area contributed by atoms with Gasteiger partial charge in [-0.2, -0.15) is 0 Å². The highest BCUT2D eigenvalue weighted by Gasteiger charge is 2.58. The quantitative estimate of drug-likeness (QED) is 0.585. The lowest BCUT2D eigenvalue weighted by atomic mass is 9.66. The van der Waals surface area contributed by atoms with Gasteiger partial charge >= 0.3 is 0 Å². The van der Waals surface area contributed by atoms with Crippen molar-refractivity contribution in [3.8, 4) is 0 Å². The molecule has 2 bridgehead atoms. The van der Waals surface area contributed by atoms with Crippen LogP contribution in [0.5, 0.6) is 0 Å². The summed E-state index contributed by atoms with van der Waals surface area (Å²) >= 11 is 0. The largest absolute Gasteiger partial charge is 0.390 e. The Balaban J connectivity index is 2.32. The zero-order valence-corrected chi connectivity index (χ0v) is 8.45. The zero-order chi connectivity index (χ0) is 9.85. The van der Waals surface area contributed by atoms with E-state index in [9.17, 15) is 10.2 Å². The first-order valence-corrected chi connectivity index (χ1v) is 4.92. The maximum Gasteiger partial charge on any atom is 0.118 e. The third kappa shape index (κ3) is 1.14. The highest BCUT2D eigenvalue weighted by molar-refractivity contribution is 5.07. The molecular weight excluding hydrogens is 168 g/mol. The summed E-state index contributed by atoms with van der Waals surface area (Å²) in [7, 11) is 0. The van der Waals surface area contributed by atoms with Gasteiger partial charge in [0.15, 0.2) is 0 Å². The van der Waals surface area contributed by atoms with Gasteiger partial charge in [-0.25, -0.2) is 0 Å². The van der Waals surface area contributed by atoms with Crippen molar-refractivity contribution in [1.82, 2.24) is 0 Å². The molecule has 3 rings (SSSR count). The monoisotopic (exact) mass is 186 g/mol. The molecule has 13 heavy (non-hydrogen) atoms. The maximum atomic E-state index is 9.78. The number of aliphatic hydroxyl groups excluding tert-OH is 2. The molecule has 2 aliphatic heterocycles. The van der Waals surface area contributed by atoms with Gasteiger partial charge in [-0.1, -0.05) is 0 Å². The summed E-state index contributed by atoms with van der Waals surface area (Å²) in [6.07, 6.45) is 0.463. The highest BCUT2D eigenvalue weighted by atomic mass is 16.6. The average Bonchev–Trinajstić information content (AvgIpc) is 1.96. The van der Waals surface area contributed by atoms with Crippen LogP contribution in [-0.2, 0) is 4.74 Å². The molecule has 3 nitrogen and oxygen atoms in total. The summed E-state index contributed by atoms with van der Waals surface area (Å²) in [5.41, 5.74) is -0.953. The zero-order valence-electron chi connectivity index (χ0n) is 8.45. The van der Waals surface area contributed by atoms with Crippen molar-refractivity contribution in [3.63, 3.8) is 0 Å². The summed E-state index contributed by atoms with van der Waals surface area (Å²) in [4.78, 5) is 0. The van der Waals surface area contributed by atoms with Gasteiger partial charge in [0.05, 0.1) is 17.8 Å². The van der Waals surface area contributed by atoms with E-state index < -0.39 is 17.8 Å². The van der Waals surface area contributed by atoms with Gasteiger partial charge in [-0.3, -0.25) is 0 Å². The Kier molecular flexibility index (Phi) is 1.79. The molecule has 4 atom stereocenters. The minimum absolute atomic E-state index is 0.201. The second-order valence-electron chi connectivity index (χ2n) is 5.09. The highest BCUT2D eigenvalue weighted by Crippen LogP contribution is 2.49. The molecule has 0 radical (unpaired) electrons. The Morgan fingerprint density at radius 3 is 1.92 bits per heavy atom. The van der Waals surface area contributed by atoms with Gasteiger partial charge in [-0.15, -0.1) is 0 Å². The van der Waals surface area contributed by atoms with Crippen LogP contribution < -0.4 is 0 Å². The molecule has 1 aliphatic carbocycles. The normalized spacial score (nSPS) is 53.8. The van der Waals surface area contributed by atoms with Crippen LogP contribution >= 0.6 is 0 Å². The average molecular weight is 186 g/mol. The molecule has 1 saturated carbocycles. The molecule has 0 aromatic carbocycles. The Bertz CT molecular complexity index is 212. The van der Waals surface area contributed by atoms with E-state index >= 15 is 0 Å². The van der Waals surface area contributed by atoms with Crippen molar-refractivity contribution < 1.29 is 14.9 Å². The van der Waals surface area contributed by atoms with Crippen LogP contribution in [0.1, 0.15) is 33.6 Å². The Morgan fingerprint density at radius 1 is 1.08 bits per heavy atom. The van der Waals surface area contributed by atoms with Gasteiger partial charge in [0, 0.05) is 0 Å². The summed E-state index contributed by atoms with van der Waals surface area (Å²) in [5, 5.41) is 19.6. The van der Waals surface area contributed by atoms with Crippen LogP contribution in [0.3, 0.4) is 0 Å². The third-order valence-corrected chi connectivity index (χ3v) is 3.80. The molecular formula is C10H18O3. The fourth-order valence-electron chi connectivity index (χ4n) is 2.68. The lowest BCUT2D eigenvalue weighted by Gasteiger charge is -2.58. The molecule has 3 heteroatoms. The van der Waals surface area contributed by atoms with Crippen molar-refractivity contribution in [2.75, 3.05) is 0 Å². The maximum absolute atomic E-state index is 9.78. The van der Waals surface area contributed by atoms with Gasteiger partial charge < -0.3 is 14.9 Å². The summed E-state index contributed by atoms with van der Waals surface area (Å²) in [6, 6.07) is 0. The lowest BCUT2D eigenvalue weighted by Crippen LogP contribution is -2.67. The number of hydrogen-bond acceptors (Lipinski definition) is 3. The summed E-state index contributed by atoms with van der Waals surface area (Å²) in [5.74, 6) is 0.277. The molecule has 0 aromatic heterocycles. The minimum Gasteiger partial charge on any atom is -0.390 e. The van der Waals surface area contributed by atoms with Crippen molar-refractivity contribution in [2.24, 2.45) is 5.92 Å². The molecule has 3 aliphatic rings. The van der Waals surface area contributed by atoms with Crippen LogP contribution in [-0.4, -0.2) is 33.6 Å². The Hall–Kier alpha value is -0.120. The van der Waals surface area contributed by atoms with E-state index in [1.54, 1.807) is 6.92 Å². The molecule has 76 valence electrons. The standard InChI is InChI=1S/C10H18O3/c1-9(2)6-4-7(11)10(3,13-9)8(12)5-6/h6-8,11-12H,4-5H2,1-3H3/t6?,7-,8+,10?. The number of ether oxygens (including phenoxy) is 1. The van der Waals surface area contributed by atoms with Crippen LogP contribution in [0.15, 0.2) is 0 Å². The summed E-state index contributed by atoms with van der Waals surface area (Å²) < 4.78 is 5.78. The van der Waals surface area contributed by atoms with Crippen LogP contribution in [0, 0.1) is 5.92 Å². The minimum atomic E-state index is -0.752. The molecule has 2 unspecified atom stereocenters. The van der Waals surface area contributed by atoms with Crippen molar-refractivity contribution in [1.29, 1.82) is 0 Å². The van der Waals surface area contributed by atoms with E-state index in [0.717, 1.165) is 12.8 Å². The van der Waals surface area contributed by atoms with Crippen LogP contribution in [0.25, 0.3) is 0 Å². The fraction of sp³-hybridized carbons (Fsp3) is 1.00. The SMILES string of the molecule is CC1(C)OC2(C)[C@H](O)CC1C[C@@H]2O. The molecule has 0 spiro atoms. The number of hydrogen-bond donors (Lipinski definition) is 2. The smallest absolute Gasteiger partial charge is 0.118 e. The Labute approximate surface area is 78.7 Å². The molecule has 2 saturated heterocycles. The molecule has 0 amide bonds. The van der Waals surface area contributed by atoms with Crippen molar-refractivity contribution in [3.05, 3.63) is 0 Å². The van der Waals surface area contributed by atoms with Gasteiger partial charge in [0.2, 0.25) is 0 Å². The number of aliphatic hydroxyl groups is 2. The predicted molar refractivity (Wildman–Crippen MR) is 48.3 cm³/mol. The predicted octanol–water partition coefficient (Wildman–Crippen LogP) is 0.686. The number of fused-ring (bicyclic) bond motifs is 3. The fourth-order valence-corrected chi connectivity index (χ4v) is 2.68. The first kappa shape index (κ1) is 9.44. The first-order chi connectivity index (χ1) is 5.86. The molecule has 2 heterocycles. The second-order valence-corrected chi connectivity index (χ2v) is 5.09.